The molecule has 5 rings (SSSR count). The van der Waals surface area contributed by atoms with Crippen LogP contribution in [0.15, 0.2) is 41.3 Å². The minimum atomic E-state index is -0.273. The molecule has 4 aromatic rings. The lowest BCUT2D eigenvalue weighted by Crippen LogP contribution is -2.46. The normalized spacial score (nSPS) is 15.0. The summed E-state index contributed by atoms with van der Waals surface area (Å²) in [6, 6.07) is 5.12. The summed E-state index contributed by atoms with van der Waals surface area (Å²) in [5.74, 6) is 0.445. The molecule has 1 fully saturated rings. The van der Waals surface area contributed by atoms with Gasteiger partial charge in [0.25, 0.3) is 5.89 Å². The number of thiazole rings is 1. The van der Waals surface area contributed by atoms with Gasteiger partial charge in [-0.25, -0.2) is 9.37 Å². The van der Waals surface area contributed by atoms with Gasteiger partial charge in [0.15, 0.2) is 0 Å². The number of rotatable bonds is 5. The van der Waals surface area contributed by atoms with E-state index in [0.717, 1.165) is 48.2 Å². The van der Waals surface area contributed by atoms with Crippen LogP contribution in [0.2, 0.25) is 0 Å². The van der Waals surface area contributed by atoms with Crippen molar-refractivity contribution in [2.24, 2.45) is 7.05 Å². The largest absolute Gasteiger partial charge is 0.367 e. The van der Waals surface area contributed by atoms with Crippen LogP contribution in [0.5, 0.6) is 0 Å². The van der Waals surface area contributed by atoms with Gasteiger partial charge in [-0.15, -0.1) is 11.3 Å². The molecule has 8 nitrogen and oxygen atoms in total. The first-order valence-electron chi connectivity index (χ1n) is 10.2. The molecule has 31 heavy (non-hydrogen) atoms. The molecule has 3 aromatic heterocycles. The molecule has 0 spiro atoms. The van der Waals surface area contributed by atoms with Crippen LogP contribution in [0.3, 0.4) is 0 Å². The Balaban J connectivity index is 1.34. The van der Waals surface area contributed by atoms with Crippen LogP contribution >= 0.6 is 11.3 Å². The maximum absolute atomic E-state index is 14.9. The van der Waals surface area contributed by atoms with Gasteiger partial charge in [-0.2, -0.15) is 10.1 Å². The highest BCUT2D eigenvalue weighted by Crippen LogP contribution is 2.32. The smallest absolute Gasteiger partial charge is 0.269 e. The molecule has 0 atom stereocenters. The molecule has 4 heterocycles. The zero-order valence-corrected chi connectivity index (χ0v) is 18.1. The SMILES string of the molecule is CCN1CCN(c2ccc(-c3noc(-c4cnc(-c5cnn(C)c5)s4)n3)cc2F)CC1. The Morgan fingerprint density at radius 1 is 1.13 bits per heavy atom. The van der Waals surface area contributed by atoms with E-state index < -0.39 is 0 Å². The number of benzene rings is 1. The third-order valence-electron chi connectivity index (χ3n) is 5.46. The van der Waals surface area contributed by atoms with E-state index in [9.17, 15) is 4.39 Å². The van der Waals surface area contributed by atoms with Gasteiger partial charge in [-0.1, -0.05) is 12.1 Å². The van der Waals surface area contributed by atoms with Gasteiger partial charge in [0.05, 0.1) is 18.1 Å². The molecule has 1 aromatic carbocycles. The van der Waals surface area contributed by atoms with Crippen molar-refractivity contribution in [3.05, 3.63) is 42.6 Å². The summed E-state index contributed by atoms with van der Waals surface area (Å²) in [4.78, 5) is 14.1. The molecule has 1 aliphatic rings. The molecule has 1 saturated heterocycles. The molecule has 160 valence electrons. The van der Waals surface area contributed by atoms with Crippen molar-refractivity contribution >= 4 is 17.0 Å². The number of hydrogen-bond acceptors (Lipinski definition) is 8. The molecule has 0 saturated carbocycles. The van der Waals surface area contributed by atoms with Crippen molar-refractivity contribution < 1.29 is 8.91 Å². The van der Waals surface area contributed by atoms with E-state index >= 15 is 0 Å². The molecule has 0 bridgehead atoms. The lowest BCUT2D eigenvalue weighted by Gasteiger charge is -2.35. The summed E-state index contributed by atoms with van der Waals surface area (Å²) in [6.45, 7) is 6.71. The lowest BCUT2D eigenvalue weighted by atomic mass is 10.1. The van der Waals surface area contributed by atoms with E-state index in [0.29, 0.717) is 23.0 Å². The maximum atomic E-state index is 14.9. The first-order chi connectivity index (χ1) is 15.1. The summed E-state index contributed by atoms with van der Waals surface area (Å²) >= 11 is 1.44. The number of anilines is 1. The molecule has 0 aliphatic carbocycles. The molecule has 0 amide bonds. The van der Waals surface area contributed by atoms with Gasteiger partial charge in [-0.05, 0) is 24.7 Å². The van der Waals surface area contributed by atoms with Crippen molar-refractivity contribution in [3.63, 3.8) is 0 Å². The summed E-state index contributed by atoms with van der Waals surface area (Å²) < 4.78 is 22.0. The second kappa shape index (κ2) is 8.20. The molecular formula is C21H22FN7OS. The Bertz CT molecular complexity index is 1190. The van der Waals surface area contributed by atoms with E-state index in [1.165, 1.54) is 17.4 Å². The van der Waals surface area contributed by atoms with Crippen LogP contribution < -0.4 is 4.90 Å². The van der Waals surface area contributed by atoms with Crippen LogP contribution in [0, 0.1) is 5.82 Å². The molecular weight excluding hydrogens is 417 g/mol. The van der Waals surface area contributed by atoms with Gasteiger partial charge in [0, 0.05) is 50.6 Å². The Morgan fingerprint density at radius 3 is 2.68 bits per heavy atom. The quantitative estimate of drug-likeness (QED) is 0.471. The van der Waals surface area contributed by atoms with Gasteiger partial charge in [0.1, 0.15) is 15.7 Å². The van der Waals surface area contributed by atoms with Crippen LogP contribution in [-0.4, -0.2) is 62.5 Å². The Morgan fingerprint density at radius 2 is 1.97 bits per heavy atom. The van der Waals surface area contributed by atoms with Gasteiger partial charge >= 0.3 is 0 Å². The highest BCUT2D eigenvalue weighted by molar-refractivity contribution is 7.18. The summed E-state index contributed by atoms with van der Waals surface area (Å²) in [6.07, 6.45) is 5.35. The summed E-state index contributed by atoms with van der Waals surface area (Å²) in [7, 11) is 1.86. The highest BCUT2D eigenvalue weighted by Gasteiger charge is 2.20. The third-order valence-corrected chi connectivity index (χ3v) is 6.49. The molecule has 0 N–H and O–H groups in total. The first-order valence-corrected chi connectivity index (χ1v) is 11.0. The standard InChI is InChI=1S/C21H22FN7OS/c1-3-28-6-8-29(9-7-28)17-5-4-14(10-16(17)22)19-25-20(30-26-19)18-12-23-21(31-18)15-11-24-27(2)13-15/h4-5,10-13H,3,6-9H2,1-2H3. The van der Waals surface area contributed by atoms with Gasteiger partial charge in [-0.3, -0.25) is 4.68 Å². The van der Waals surface area contributed by atoms with Gasteiger partial charge < -0.3 is 14.3 Å². The number of nitrogens with zero attached hydrogens (tertiary/aromatic N) is 7. The molecule has 0 unspecified atom stereocenters. The van der Waals surface area contributed by atoms with E-state index in [4.69, 9.17) is 4.52 Å². The number of likely N-dealkylation sites (N-methyl/N-ethyl adjacent to an activating group) is 1. The topological polar surface area (TPSA) is 76.1 Å². The number of hydrogen-bond donors (Lipinski definition) is 0. The fraction of sp³-hybridized carbons (Fsp3) is 0.333. The molecule has 1 aliphatic heterocycles. The Kier molecular flexibility index (Phi) is 5.24. The second-order valence-corrected chi connectivity index (χ2v) is 8.47. The summed E-state index contributed by atoms with van der Waals surface area (Å²) in [5, 5.41) is 9.03. The van der Waals surface area contributed by atoms with E-state index in [1.807, 2.05) is 19.3 Å². The van der Waals surface area contributed by atoms with Crippen LogP contribution in [0.4, 0.5) is 10.1 Å². The predicted molar refractivity (Wildman–Crippen MR) is 117 cm³/mol. The van der Waals surface area contributed by atoms with Crippen LogP contribution in [0.25, 0.3) is 32.7 Å². The number of aryl methyl sites for hydroxylation is 1. The lowest BCUT2D eigenvalue weighted by molar-refractivity contribution is 0.270. The van der Waals surface area contributed by atoms with Crippen LogP contribution in [0.1, 0.15) is 6.92 Å². The number of halogens is 1. The van der Waals surface area contributed by atoms with E-state index in [1.54, 1.807) is 23.1 Å². The second-order valence-electron chi connectivity index (χ2n) is 7.44. The molecule has 0 radical (unpaired) electrons. The maximum Gasteiger partial charge on any atom is 0.269 e. The summed E-state index contributed by atoms with van der Waals surface area (Å²) in [5.41, 5.74) is 2.13. The Hall–Kier alpha value is -3.11. The minimum Gasteiger partial charge on any atom is -0.367 e. The fourth-order valence-corrected chi connectivity index (χ4v) is 4.50. The van der Waals surface area contributed by atoms with Crippen molar-refractivity contribution in [2.75, 3.05) is 37.6 Å². The van der Waals surface area contributed by atoms with E-state index in [2.05, 4.69) is 36.9 Å². The van der Waals surface area contributed by atoms with Crippen molar-refractivity contribution in [3.8, 4) is 32.7 Å². The minimum absolute atomic E-state index is 0.273. The monoisotopic (exact) mass is 439 g/mol. The number of piperazine rings is 1. The zero-order valence-electron chi connectivity index (χ0n) is 17.3. The van der Waals surface area contributed by atoms with Crippen molar-refractivity contribution in [1.82, 2.24) is 29.8 Å². The first kappa shape index (κ1) is 19.8. The van der Waals surface area contributed by atoms with Crippen molar-refractivity contribution in [1.29, 1.82) is 0 Å². The van der Waals surface area contributed by atoms with Gasteiger partial charge in [0.2, 0.25) is 5.82 Å². The Labute approximate surface area is 182 Å². The highest BCUT2D eigenvalue weighted by atomic mass is 32.1. The average Bonchev–Trinajstić information content (AvgIpc) is 3.54. The van der Waals surface area contributed by atoms with E-state index in [-0.39, 0.29) is 5.82 Å². The zero-order chi connectivity index (χ0) is 21.4. The third kappa shape index (κ3) is 3.96. The average molecular weight is 440 g/mol. The van der Waals surface area contributed by atoms with Crippen molar-refractivity contribution in [2.45, 2.75) is 6.92 Å². The predicted octanol–water partition coefficient (Wildman–Crippen LogP) is 3.54. The molecule has 10 heteroatoms. The number of aromatic nitrogens is 5. The fourth-order valence-electron chi connectivity index (χ4n) is 3.69. The van der Waals surface area contributed by atoms with Crippen LogP contribution in [-0.2, 0) is 7.05 Å².